The Morgan fingerprint density at radius 1 is 1.08 bits per heavy atom. The summed E-state index contributed by atoms with van der Waals surface area (Å²) in [5.41, 5.74) is 5.74. The zero-order valence-corrected chi connectivity index (χ0v) is 13.7. The van der Waals surface area contributed by atoms with Gasteiger partial charge in [0.2, 0.25) is 0 Å². The predicted octanol–water partition coefficient (Wildman–Crippen LogP) is 4.73. The van der Waals surface area contributed by atoms with Gasteiger partial charge in [0.1, 0.15) is 5.82 Å². The number of aromatic nitrogens is 1. The highest BCUT2D eigenvalue weighted by Gasteiger charge is 2.40. The lowest BCUT2D eigenvalue weighted by atomic mass is 9.87. The van der Waals surface area contributed by atoms with Crippen molar-refractivity contribution >= 4 is 10.9 Å². The minimum atomic E-state index is -0.218. The maximum Gasteiger partial charge on any atom is 0.125 e. The Labute approximate surface area is 140 Å². The summed E-state index contributed by atoms with van der Waals surface area (Å²) in [5.74, 6) is -0.218. The Balaban J connectivity index is 1.89. The average molecular weight is 318 g/mol. The molecule has 0 N–H and O–H groups in total. The van der Waals surface area contributed by atoms with Gasteiger partial charge in [-0.05, 0) is 48.7 Å². The number of rotatable bonds is 1. The van der Waals surface area contributed by atoms with Crippen molar-refractivity contribution in [3.63, 3.8) is 0 Å². The van der Waals surface area contributed by atoms with Crippen LogP contribution in [0.2, 0.25) is 0 Å². The van der Waals surface area contributed by atoms with E-state index < -0.39 is 0 Å². The first-order chi connectivity index (χ1) is 11.7. The molecule has 2 aliphatic rings. The maximum atomic E-state index is 13.8. The van der Waals surface area contributed by atoms with E-state index in [9.17, 15) is 4.39 Å². The summed E-state index contributed by atoms with van der Waals surface area (Å²) < 4.78 is 13.8. The number of nitrogens with zero attached hydrogens (tertiary/aromatic N) is 2. The molecule has 0 saturated carbocycles. The molecule has 120 valence electrons. The normalized spacial score (nSPS) is 22.8. The van der Waals surface area contributed by atoms with Crippen LogP contribution in [-0.2, 0) is 6.42 Å². The molecule has 3 heterocycles. The van der Waals surface area contributed by atoms with E-state index in [-0.39, 0.29) is 5.82 Å². The first-order valence-corrected chi connectivity index (χ1v) is 8.62. The molecule has 5 rings (SSSR count). The summed E-state index contributed by atoms with van der Waals surface area (Å²) in [6, 6.07) is 16.5. The molecule has 1 saturated heterocycles. The van der Waals surface area contributed by atoms with Crippen LogP contribution in [0, 0.1) is 5.82 Å². The van der Waals surface area contributed by atoms with Crippen molar-refractivity contribution in [1.82, 2.24) is 9.88 Å². The van der Waals surface area contributed by atoms with Gasteiger partial charge in [0, 0.05) is 35.7 Å². The Kier molecular flexibility index (Phi) is 3.01. The van der Waals surface area contributed by atoms with Gasteiger partial charge in [-0.1, -0.05) is 30.3 Å². The molecule has 0 aliphatic carbocycles. The van der Waals surface area contributed by atoms with Crippen LogP contribution in [0.5, 0.6) is 0 Å². The second-order valence-electron chi connectivity index (χ2n) is 6.99. The molecule has 3 heteroatoms. The molecule has 2 atom stereocenters. The molecule has 2 bridgehead atoms. The number of hydrogen-bond donors (Lipinski definition) is 0. The lowest BCUT2D eigenvalue weighted by Gasteiger charge is -2.34. The van der Waals surface area contributed by atoms with Crippen LogP contribution in [0.4, 0.5) is 4.39 Å². The summed E-state index contributed by atoms with van der Waals surface area (Å²) in [5, 5.41) is 1.06. The highest BCUT2D eigenvalue weighted by Crippen LogP contribution is 2.47. The van der Waals surface area contributed by atoms with Crippen LogP contribution in [0.15, 0.2) is 48.5 Å². The van der Waals surface area contributed by atoms with Gasteiger partial charge in [-0.2, -0.15) is 0 Å². The lowest BCUT2D eigenvalue weighted by Crippen LogP contribution is -2.35. The van der Waals surface area contributed by atoms with Crippen molar-refractivity contribution in [2.24, 2.45) is 0 Å². The summed E-state index contributed by atoms with van der Waals surface area (Å²) in [6.07, 6.45) is 3.37. The Morgan fingerprint density at radius 2 is 1.92 bits per heavy atom. The molecule has 24 heavy (non-hydrogen) atoms. The number of halogens is 1. The van der Waals surface area contributed by atoms with Crippen molar-refractivity contribution in [2.45, 2.75) is 31.3 Å². The Bertz CT molecular complexity index is 935. The van der Waals surface area contributed by atoms with E-state index >= 15 is 0 Å². The molecular formula is C21H19FN2. The molecule has 1 fully saturated rings. The summed E-state index contributed by atoms with van der Waals surface area (Å²) in [4.78, 5) is 7.38. The third-order valence-electron chi connectivity index (χ3n) is 5.73. The van der Waals surface area contributed by atoms with E-state index in [2.05, 4.69) is 36.2 Å². The molecular weight excluding hydrogens is 299 g/mol. The molecule has 3 aromatic rings. The fraction of sp³-hybridized carbons (Fsp3) is 0.286. The molecule has 1 unspecified atom stereocenters. The van der Waals surface area contributed by atoms with Gasteiger partial charge < -0.3 is 0 Å². The SMILES string of the molecule is CN1C2CC[C@H]1c1c(nc3cc(F)ccc3c1-c1ccccc1)C2. The van der Waals surface area contributed by atoms with E-state index in [4.69, 9.17) is 4.98 Å². The van der Waals surface area contributed by atoms with Gasteiger partial charge in [0.25, 0.3) is 0 Å². The number of hydrogen-bond acceptors (Lipinski definition) is 2. The van der Waals surface area contributed by atoms with E-state index in [0.717, 1.165) is 23.0 Å². The van der Waals surface area contributed by atoms with Crippen molar-refractivity contribution < 1.29 is 4.39 Å². The molecule has 0 amide bonds. The average Bonchev–Trinajstić information content (AvgIpc) is 2.84. The number of benzene rings is 2. The van der Waals surface area contributed by atoms with Gasteiger partial charge >= 0.3 is 0 Å². The molecule has 2 nitrogen and oxygen atoms in total. The molecule has 0 radical (unpaired) electrons. The fourth-order valence-electron chi connectivity index (χ4n) is 4.56. The zero-order valence-electron chi connectivity index (χ0n) is 13.7. The third-order valence-corrected chi connectivity index (χ3v) is 5.73. The van der Waals surface area contributed by atoms with Crippen LogP contribution in [0.3, 0.4) is 0 Å². The number of fused-ring (bicyclic) bond motifs is 5. The van der Waals surface area contributed by atoms with Crippen LogP contribution in [0.1, 0.15) is 30.1 Å². The Morgan fingerprint density at radius 3 is 2.75 bits per heavy atom. The van der Waals surface area contributed by atoms with Crippen molar-refractivity contribution in [2.75, 3.05) is 7.05 Å². The third kappa shape index (κ3) is 1.94. The fourth-order valence-corrected chi connectivity index (χ4v) is 4.56. The first kappa shape index (κ1) is 14.1. The number of likely N-dealkylation sites (N-methyl/N-ethyl adjacent to an activating group) is 1. The smallest absolute Gasteiger partial charge is 0.125 e. The molecule has 2 aliphatic heterocycles. The monoisotopic (exact) mass is 318 g/mol. The van der Waals surface area contributed by atoms with Crippen LogP contribution in [0.25, 0.3) is 22.0 Å². The minimum Gasteiger partial charge on any atom is -0.296 e. The zero-order chi connectivity index (χ0) is 16.3. The topological polar surface area (TPSA) is 16.1 Å². The van der Waals surface area contributed by atoms with Gasteiger partial charge in [-0.25, -0.2) is 4.39 Å². The highest BCUT2D eigenvalue weighted by molar-refractivity contribution is 5.97. The largest absolute Gasteiger partial charge is 0.296 e. The summed E-state index contributed by atoms with van der Waals surface area (Å²) in [6.45, 7) is 0. The van der Waals surface area contributed by atoms with E-state index in [1.807, 2.05) is 12.1 Å². The molecule has 2 aromatic carbocycles. The first-order valence-electron chi connectivity index (χ1n) is 8.62. The standard InChI is InChI=1S/C21H19FN2/c1-24-15-8-10-19(24)21-18(12-15)23-17-11-14(22)7-9-16(17)20(21)13-5-3-2-4-6-13/h2-7,9,11,15,19H,8,10,12H2,1H3/t15?,19-/m0/s1. The minimum absolute atomic E-state index is 0.218. The van der Waals surface area contributed by atoms with Gasteiger partial charge in [-0.15, -0.1) is 0 Å². The van der Waals surface area contributed by atoms with Crippen LogP contribution in [-0.4, -0.2) is 23.0 Å². The van der Waals surface area contributed by atoms with Crippen molar-refractivity contribution in [3.8, 4) is 11.1 Å². The Hall–Kier alpha value is -2.26. The maximum absolute atomic E-state index is 13.8. The van der Waals surface area contributed by atoms with Gasteiger partial charge in [0.05, 0.1) is 5.52 Å². The second kappa shape index (κ2) is 5.12. The highest BCUT2D eigenvalue weighted by atomic mass is 19.1. The van der Waals surface area contributed by atoms with Crippen molar-refractivity contribution in [1.29, 1.82) is 0 Å². The van der Waals surface area contributed by atoms with Gasteiger partial charge in [0.15, 0.2) is 0 Å². The van der Waals surface area contributed by atoms with E-state index in [1.165, 1.54) is 29.5 Å². The summed E-state index contributed by atoms with van der Waals surface area (Å²) in [7, 11) is 2.23. The van der Waals surface area contributed by atoms with E-state index in [0.29, 0.717) is 12.1 Å². The second-order valence-corrected chi connectivity index (χ2v) is 6.99. The van der Waals surface area contributed by atoms with Crippen LogP contribution < -0.4 is 0 Å². The van der Waals surface area contributed by atoms with Crippen molar-refractivity contribution in [3.05, 3.63) is 65.6 Å². The predicted molar refractivity (Wildman–Crippen MR) is 94.4 cm³/mol. The van der Waals surface area contributed by atoms with Crippen LogP contribution >= 0.6 is 0 Å². The summed E-state index contributed by atoms with van der Waals surface area (Å²) >= 11 is 0. The quantitative estimate of drug-likeness (QED) is 0.645. The molecule has 0 spiro atoms. The number of pyridine rings is 1. The molecule has 1 aromatic heterocycles. The van der Waals surface area contributed by atoms with E-state index in [1.54, 1.807) is 12.1 Å². The lowest BCUT2D eigenvalue weighted by molar-refractivity contribution is 0.223. The van der Waals surface area contributed by atoms with Gasteiger partial charge in [-0.3, -0.25) is 9.88 Å².